The van der Waals surface area contributed by atoms with Crippen LogP contribution in [0.5, 0.6) is 0 Å². The van der Waals surface area contributed by atoms with Crippen LogP contribution in [0.1, 0.15) is 5.69 Å². The van der Waals surface area contributed by atoms with Gasteiger partial charge in [0.15, 0.2) is 0 Å². The molecule has 21 heavy (non-hydrogen) atoms. The normalized spacial score (nSPS) is 13.2. The van der Waals surface area contributed by atoms with E-state index in [0.717, 1.165) is 0 Å². The molecule has 2 heterocycles. The van der Waals surface area contributed by atoms with E-state index in [0.29, 0.717) is 30.3 Å². The van der Waals surface area contributed by atoms with Crippen LogP contribution < -0.4 is 10.9 Å². The first-order valence-electron chi connectivity index (χ1n) is 6.33. The van der Waals surface area contributed by atoms with Gasteiger partial charge in [0.2, 0.25) is 0 Å². The van der Waals surface area contributed by atoms with Crippen LogP contribution in [0.2, 0.25) is 0 Å². The minimum Gasteiger partial charge on any atom is -0.367 e. The molecule has 0 atom stereocenters. The van der Waals surface area contributed by atoms with E-state index in [-0.39, 0.29) is 11.2 Å². The largest absolute Gasteiger partial charge is 0.367 e. The van der Waals surface area contributed by atoms with Crippen LogP contribution in [0.3, 0.4) is 0 Å². The Hall–Kier alpha value is -3.12. The summed E-state index contributed by atoms with van der Waals surface area (Å²) >= 11 is 0. The Morgan fingerprint density at radius 2 is 2.14 bits per heavy atom. The van der Waals surface area contributed by atoms with Crippen LogP contribution in [0.4, 0.5) is 5.69 Å². The summed E-state index contributed by atoms with van der Waals surface area (Å²) in [6.45, 7) is 1.31. The molecule has 1 aliphatic rings. The summed E-state index contributed by atoms with van der Waals surface area (Å²) in [6.07, 6.45) is 0. The predicted molar refractivity (Wildman–Crippen MR) is 78.0 cm³/mol. The van der Waals surface area contributed by atoms with Gasteiger partial charge in [-0.1, -0.05) is 23.3 Å². The number of para-hydroxylation sites is 1. The van der Waals surface area contributed by atoms with Gasteiger partial charge in [0.1, 0.15) is 11.5 Å². The molecule has 1 aromatic carbocycles. The second-order valence-electron chi connectivity index (χ2n) is 4.31. The van der Waals surface area contributed by atoms with Crippen LogP contribution in [0.25, 0.3) is 16.1 Å². The fourth-order valence-corrected chi connectivity index (χ4v) is 2.05. The van der Waals surface area contributed by atoms with Gasteiger partial charge in [0, 0.05) is 17.5 Å². The van der Waals surface area contributed by atoms with E-state index in [2.05, 4.69) is 25.4 Å². The van der Waals surface area contributed by atoms with Crippen molar-refractivity contribution in [3.05, 3.63) is 62.9 Å². The lowest BCUT2D eigenvalue weighted by atomic mass is 10.3. The lowest BCUT2D eigenvalue weighted by Crippen LogP contribution is -2.27. The van der Waals surface area contributed by atoms with Gasteiger partial charge in [0.05, 0.1) is 17.9 Å². The van der Waals surface area contributed by atoms with E-state index >= 15 is 0 Å². The number of azide groups is 1. The van der Waals surface area contributed by atoms with Crippen molar-refractivity contribution in [3.63, 3.8) is 0 Å². The Kier molecular flexibility index (Phi) is 3.36. The number of nitrogens with one attached hydrogen (secondary N) is 1. The van der Waals surface area contributed by atoms with Crippen LogP contribution in [0.15, 0.2) is 51.3 Å². The van der Waals surface area contributed by atoms with Gasteiger partial charge < -0.3 is 5.32 Å². The summed E-state index contributed by atoms with van der Waals surface area (Å²) in [5.41, 5.74) is 9.43. The number of hydrogen-bond acceptors (Lipinski definition) is 5. The van der Waals surface area contributed by atoms with Gasteiger partial charge >= 0.3 is 0 Å². The first-order chi connectivity index (χ1) is 10.3. The minimum absolute atomic E-state index is 0.169. The Morgan fingerprint density at radius 3 is 2.81 bits per heavy atom. The molecule has 1 aliphatic heterocycles. The second kappa shape index (κ2) is 5.48. The van der Waals surface area contributed by atoms with Crippen molar-refractivity contribution in [3.8, 4) is 5.69 Å². The standard InChI is InChI=1S/C13H11N7O/c14-19-17-10-8-11(21)20(9-4-2-1-3-5-9)18-12(10)13-15-6-7-16-13/h1-5,8H,6-7H2,(H,15,16). The van der Waals surface area contributed by atoms with Crippen LogP contribution in [0, 0.1) is 0 Å². The molecule has 0 unspecified atom stereocenters. The molecular formula is C13H11N7O. The molecule has 0 radical (unpaired) electrons. The molecular weight excluding hydrogens is 270 g/mol. The maximum Gasteiger partial charge on any atom is 0.271 e. The highest BCUT2D eigenvalue weighted by Gasteiger charge is 2.16. The van der Waals surface area contributed by atoms with Gasteiger partial charge in [-0.05, 0) is 17.7 Å². The summed E-state index contributed by atoms with van der Waals surface area (Å²) < 4.78 is 1.26. The number of aromatic nitrogens is 2. The molecule has 3 rings (SSSR count). The van der Waals surface area contributed by atoms with Gasteiger partial charge in [-0.2, -0.15) is 9.78 Å². The van der Waals surface area contributed by atoms with E-state index in [1.54, 1.807) is 12.1 Å². The lowest BCUT2D eigenvalue weighted by molar-refractivity contribution is 0.798. The zero-order valence-electron chi connectivity index (χ0n) is 11.0. The van der Waals surface area contributed by atoms with E-state index < -0.39 is 0 Å². The van der Waals surface area contributed by atoms with Crippen molar-refractivity contribution in [2.24, 2.45) is 10.1 Å². The van der Waals surface area contributed by atoms with Gasteiger partial charge in [-0.15, -0.1) is 0 Å². The summed E-state index contributed by atoms with van der Waals surface area (Å²) in [5, 5.41) is 10.9. The molecule has 8 nitrogen and oxygen atoms in total. The number of rotatable bonds is 3. The number of nitrogens with zero attached hydrogens (tertiary/aromatic N) is 6. The third-order valence-corrected chi connectivity index (χ3v) is 2.96. The van der Waals surface area contributed by atoms with Crippen LogP contribution in [-0.4, -0.2) is 28.7 Å². The molecule has 0 bridgehead atoms. The third-order valence-electron chi connectivity index (χ3n) is 2.96. The molecule has 1 N–H and O–H groups in total. The average Bonchev–Trinajstić information content (AvgIpc) is 3.03. The predicted octanol–water partition coefficient (Wildman–Crippen LogP) is 1.52. The smallest absolute Gasteiger partial charge is 0.271 e. The molecule has 0 spiro atoms. The Balaban J connectivity index is 2.22. The summed E-state index contributed by atoms with van der Waals surface area (Å²) in [7, 11) is 0. The lowest BCUT2D eigenvalue weighted by Gasteiger charge is -2.09. The molecule has 0 saturated carbocycles. The van der Waals surface area contributed by atoms with Crippen molar-refractivity contribution >= 4 is 11.5 Å². The van der Waals surface area contributed by atoms with E-state index in [1.165, 1.54) is 10.7 Å². The summed E-state index contributed by atoms with van der Waals surface area (Å²) in [6, 6.07) is 10.3. The van der Waals surface area contributed by atoms with E-state index in [1.807, 2.05) is 18.2 Å². The quantitative estimate of drug-likeness (QED) is 0.523. The monoisotopic (exact) mass is 281 g/mol. The molecule has 0 fully saturated rings. The van der Waals surface area contributed by atoms with Crippen molar-refractivity contribution in [1.82, 2.24) is 15.1 Å². The first-order valence-corrected chi connectivity index (χ1v) is 6.33. The van der Waals surface area contributed by atoms with Crippen LogP contribution >= 0.6 is 0 Å². The zero-order valence-corrected chi connectivity index (χ0v) is 11.0. The number of hydrogen-bond donors (Lipinski definition) is 1. The van der Waals surface area contributed by atoms with E-state index in [4.69, 9.17) is 5.53 Å². The Labute approximate surface area is 119 Å². The molecule has 8 heteroatoms. The SMILES string of the molecule is [N-]=[N+]=Nc1cc(=O)n(-c2ccccc2)nc1C1=NCCN1. The fourth-order valence-electron chi connectivity index (χ4n) is 2.05. The highest BCUT2D eigenvalue weighted by Crippen LogP contribution is 2.17. The first kappa shape index (κ1) is 12.9. The van der Waals surface area contributed by atoms with Crippen molar-refractivity contribution < 1.29 is 0 Å². The van der Waals surface area contributed by atoms with Crippen molar-refractivity contribution in [2.45, 2.75) is 0 Å². The molecule has 0 amide bonds. The van der Waals surface area contributed by atoms with Gasteiger partial charge in [0.25, 0.3) is 5.56 Å². The highest BCUT2D eigenvalue weighted by molar-refractivity contribution is 6.01. The number of amidine groups is 1. The van der Waals surface area contributed by atoms with Crippen LogP contribution in [-0.2, 0) is 0 Å². The van der Waals surface area contributed by atoms with E-state index in [9.17, 15) is 4.79 Å². The maximum atomic E-state index is 12.1. The molecule has 0 saturated heterocycles. The van der Waals surface area contributed by atoms with Crippen molar-refractivity contribution in [2.75, 3.05) is 13.1 Å². The fraction of sp³-hybridized carbons (Fsp3) is 0.154. The maximum absolute atomic E-state index is 12.1. The summed E-state index contributed by atoms with van der Waals surface area (Å²) in [5.74, 6) is 0.530. The second-order valence-corrected chi connectivity index (χ2v) is 4.31. The molecule has 2 aromatic rings. The Bertz CT molecular complexity index is 803. The molecule has 104 valence electrons. The van der Waals surface area contributed by atoms with Crippen molar-refractivity contribution in [1.29, 1.82) is 0 Å². The highest BCUT2D eigenvalue weighted by atomic mass is 16.1. The summed E-state index contributed by atoms with van der Waals surface area (Å²) in [4.78, 5) is 19.1. The number of aliphatic imine (C=N–C) groups is 1. The average molecular weight is 281 g/mol. The van der Waals surface area contributed by atoms with Gasteiger partial charge in [-0.25, -0.2) is 0 Å². The Morgan fingerprint density at radius 1 is 1.33 bits per heavy atom. The third kappa shape index (κ3) is 2.47. The molecule has 0 aliphatic carbocycles. The minimum atomic E-state index is -0.369. The number of benzene rings is 1. The topological polar surface area (TPSA) is 108 Å². The zero-order chi connectivity index (χ0) is 14.7. The van der Waals surface area contributed by atoms with Gasteiger partial charge in [-0.3, -0.25) is 9.79 Å². The molecule has 1 aromatic heterocycles.